The smallest absolute Gasteiger partial charge is 0.261 e. The fourth-order valence-electron chi connectivity index (χ4n) is 2.18. The number of ether oxygens (including phenoxy) is 1. The minimum atomic E-state index is -0.769. The molecule has 0 spiro atoms. The van der Waals surface area contributed by atoms with Gasteiger partial charge in [0, 0.05) is 11.6 Å². The molecular formula is C15H18Cl2N2O3. The maximum Gasteiger partial charge on any atom is 0.261 e. The minimum Gasteiger partial charge on any atom is -0.479 e. The average Bonchev–Trinajstić information content (AvgIpc) is 2.67. The summed E-state index contributed by atoms with van der Waals surface area (Å²) in [6.07, 6.45) is 1.67. The summed E-state index contributed by atoms with van der Waals surface area (Å²) in [6.45, 7) is 2.26. The van der Waals surface area contributed by atoms with E-state index >= 15 is 0 Å². The molecule has 2 unspecified atom stereocenters. The molecule has 0 aliphatic carbocycles. The van der Waals surface area contributed by atoms with Crippen LogP contribution in [0.4, 0.5) is 0 Å². The van der Waals surface area contributed by atoms with E-state index < -0.39 is 12.1 Å². The van der Waals surface area contributed by atoms with Gasteiger partial charge in [0.2, 0.25) is 5.91 Å². The zero-order valence-electron chi connectivity index (χ0n) is 12.2. The highest BCUT2D eigenvalue weighted by Gasteiger charge is 2.25. The summed E-state index contributed by atoms with van der Waals surface area (Å²) in [6, 6.07) is 4.27. The lowest BCUT2D eigenvalue weighted by Gasteiger charge is -2.20. The molecule has 0 aromatic heterocycles. The maximum absolute atomic E-state index is 12.2. The van der Waals surface area contributed by atoms with Gasteiger partial charge in [0.05, 0.1) is 5.02 Å². The Kier molecular flexibility index (Phi) is 5.91. The highest BCUT2D eigenvalue weighted by atomic mass is 35.5. The Morgan fingerprint density at radius 3 is 2.91 bits per heavy atom. The van der Waals surface area contributed by atoms with Gasteiger partial charge in [-0.25, -0.2) is 0 Å². The van der Waals surface area contributed by atoms with E-state index in [0.717, 1.165) is 12.8 Å². The molecule has 0 radical (unpaired) electrons. The average molecular weight is 345 g/mol. The Labute approximate surface area is 139 Å². The number of rotatable bonds is 4. The van der Waals surface area contributed by atoms with Crippen LogP contribution in [0.1, 0.15) is 26.2 Å². The van der Waals surface area contributed by atoms with Crippen molar-refractivity contribution < 1.29 is 14.3 Å². The van der Waals surface area contributed by atoms with E-state index in [1.54, 1.807) is 25.1 Å². The number of benzene rings is 1. The van der Waals surface area contributed by atoms with Crippen LogP contribution < -0.4 is 15.4 Å². The highest BCUT2D eigenvalue weighted by molar-refractivity contribution is 6.35. The van der Waals surface area contributed by atoms with Crippen LogP contribution >= 0.6 is 23.2 Å². The van der Waals surface area contributed by atoms with Crippen LogP contribution in [0.25, 0.3) is 0 Å². The second-order valence-electron chi connectivity index (χ2n) is 5.18. The summed E-state index contributed by atoms with van der Waals surface area (Å²) in [5.74, 6) is -0.130. The van der Waals surface area contributed by atoms with Crippen molar-refractivity contribution in [1.82, 2.24) is 10.6 Å². The molecule has 0 bridgehead atoms. The topological polar surface area (TPSA) is 67.4 Å². The second-order valence-corrected chi connectivity index (χ2v) is 6.03. The van der Waals surface area contributed by atoms with Crippen LogP contribution in [0, 0.1) is 0 Å². The van der Waals surface area contributed by atoms with E-state index in [9.17, 15) is 9.59 Å². The number of hydrogen-bond acceptors (Lipinski definition) is 3. The molecule has 120 valence electrons. The summed E-state index contributed by atoms with van der Waals surface area (Å²) in [5.41, 5.74) is 0. The predicted molar refractivity (Wildman–Crippen MR) is 85.3 cm³/mol. The first kappa shape index (κ1) is 16.9. The van der Waals surface area contributed by atoms with Crippen LogP contribution in [0.15, 0.2) is 18.2 Å². The lowest BCUT2D eigenvalue weighted by atomic mass is 10.1. The van der Waals surface area contributed by atoms with E-state index in [2.05, 4.69) is 10.6 Å². The largest absolute Gasteiger partial charge is 0.479 e. The Morgan fingerprint density at radius 1 is 1.41 bits per heavy atom. The Hall–Kier alpha value is -1.46. The van der Waals surface area contributed by atoms with Crippen molar-refractivity contribution in [2.24, 2.45) is 0 Å². The first-order valence-electron chi connectivity index (χ1n) is 7.17. The summed E-state index contributed by atoms with van der Waals surface area (Å²) < 4.78 is 5.54. The molecule has 1 fully saturated rings. The molecule has 1 aromatic carbocycles. The molecule has 7 heteroatoms. The molecule has 2 rings (SSSR count). The SMILES string of the molecule is CC(Oc1ccc(Cl)cc1Cl)C(=O)NC1CCCCNC1=O. The molecule has 5 nitrogen and oxygen atoms in total. The number of carbonyl (C=O) groups excluding carboxylic acids is 2. The van der Waals surface area contributed by atoms with E-state index in [1.807, 2.05) is 0 Å². The zero-order valence-corrected chi connectivity index (χ0v) is 13.7. The van der Waals surface area contributed by atoms with E-state index in [1.165, 1.54) is 0 Å². The van der Waals surface area contributed by atoms with Gasteiger partial charge in [-0.2, -0.15) is 0 Å². The van der Waals surface area contributed by atoms with Crippen molar-refractivity contribution in [2.45, 2.75) is 38.3 Å². The first-order chi connectivity index (χ1) is 10.5. The summed E-state index contributed by atoms with van der Waals surface area (Å²) >= 11 is 11.8. The molecule has 22 heavy (non-hydrogen) atoms. The maximum atomic E-state index is 12.2. The molecule has 1 aliphatic heterocycles. The van der Waals surface area contributed by atoms with Gasteiger partial charge in [-0.3, -0.25) is 9.59 Å². The minimum absolute atomic E-state index is 0.150. The van der Waals surface area contributed by atoms with Gasteiger partial charge < -0.3 is 15.4 Å². The summed E-state index contributed by atoms with van der Waals surface area (Å²) in [7, 11) is 0. The van der Waals surface area contributed by atoms with Crippen molar-refractivity contribution >= 4 is 35.0 Å². The number of nitrogens with one attached hydrogen (secondary N) is 2. The molecule has 2 amide bonds. The van der Waals surface area contributed by atoms with E-state index in [-0.39, 0.29) is 11.8 Å². The van der Waals surface area contributed by atoms with Gasteiger partial charge in [-0.1, -0.05) is 23.2 Å². The highest BCUT2D eigenvalue weighted by Crippen LogP contribution is 2.28. The van der Waals surface area contributed by atoms with Gasteiger partial charge in [-0.15, -0.1) is 0 Å². The molecule has 0 saturated carbocycles. The van der Waals surface area contributed by atoms with Crippen molar-refractivity contribution in [3.8, 4) is 5.75 Å². The van der Waals surface area contributed by atoms with Gasteiger partial charge in [0.25, 0.3) is 5.91 Å². The number of halogens is 2. The summed E-state index contributed by atoms with van der Waals surface area (Å²) in [4.78, 5) is 24.0. The second kappa shape index (κ2) is 7.70. The predicted octanol–water partition coefficient (Wildman–Crippen LogP) is 2.55. The Balaban J connectivity index is 1.95. The Morgan fingerprint density at radius 2 is 2.18 bits per heavy atom. The number of amides is 2. The van der Waals surface area contributed by atoms with Crippen LogP contribution in [0.3, 0.4) is 0 Å². The standard InChI is InChI=1S/C15H18Cl2N2O3/c1-9(22-13-6-5-10(16)8-11(13)17)14(20)19-12-4-2-3-7-18-15(12)21/h5-6,8-9,12H,2-4,7H2,1H3,(H,18,21)(H,19,20). The third kappa shape index (κ3) is 4.52. The molecule has 1 aliphatic rings. The first-order valence-corrected chi connectivity index (χ1v) is 7.93. The molecule has 1 heterocycles. The van der Waals surface area contributed by atoms with Gasteiger partial charge in [0.15, 0.2) is 6.10 Å². The summed E-state index contributed by atoms with van der Waals surface area (Å²) in [5, 5.41) is 6.31. The monoisotopic (exact) mass is 344 g/mol. The number of hydrogen-bond donors (Lipinski definition) is 2. The fourth-order valence-corrected chi connectivity index (χ4v) is 2.63. The lowest BCUT2D eigenvalue weighted by molar-refractivity contribution is -0.132. The molecule has 1 aromatic rings. The fraction of sp³-hybridized carbons (Fsp3) is 0.467. The van der Waals surface area contributed by atoms with Crippen molar-refractivity contribution in [1.29, 1.82) is 0 Å². The van der Waals surface area contributed by atoms with Gasteiger partial charge >= 0.3 is 0 Å². The molecular weight excluding hydrogens is 327 g/mol. The zero-order chi connectivity index (χ0) is 16.1. The van der Waals surface area contributed by atoms with Crippen LogP contribution in [-0.4, -0.2) is 30.5 Å². The van der Waals surface area contributed by atoms with Crippen LogP contribution in [0.5, 0.6) is 5.75 Å². The molecule has 2 atom stereocenters. The van der Waals surface area contributed by atoms with E-state index in [0.29, 0.717) is 28.8 Å². The van der Waals surface area contributed by atoms with Gasteiger partial charge in [0.1, 0.15) is 11.8 Å². The Bertz CT molecular complexity index is 566. The van der Waals surface area contributed by atoms with E-state index in [4.69, 9.17) is 27.9 Å². The number of carbonyl (C=O) groups is 2. The lowest BCUT2D eigenvalue weighted by Crippen LogP contribution is -2.49. The van der Waals surface area contributed by atoms with Crippen LogP contribution in [-0.2, 0) is 9.59 Å². The van der Waals surface area contributed by atoms with Crippen molar-refractivity contribution in [3.63, 3.8) is 0 Å². The van der Waals surface area contributed by atoms with Crippen molar-refractivity contribution in [3.05, 3.63) is 28.2 Å². The molecule has 1 saturated heterocycles. The van der Waals surface area contributed by atoms with Crippen molar-refractivity contribution in [2.75, 3.05) is 6.54 Å². The van der Waals surface area contributed by atoms with Crippen LogP contribution in [0.2, 0.25) is 10.0 Å². The quantitative estimate of drug-likeness (QED) is 0.881. The third-order valence-electron chi connectivity index (χ3n) is 3.42. The van der Waals surface area contributed by atoms with Gasteiger partial charge in [-0.05, 0) is 44.4 Å². The third-order valence-corrected chi connectivity index (χ3v) is 3.95. The normalized spacial score (nSPS) is 19.8. The molecule has 2 N–H and O–H groups in total.